The molecule has 0 saturated carbocycles. The molecule has 112 valence electrons. The molecule has 0 fully saturated rings. The number of hydrogen-bond acceptors (Lipinski definition) is 5. The summed E-state index contributed by atoms with van der Waals surface area (Å²) >= 11 is 0. The Morgan fingerprint density at radius 2 is 1.90 bits per heavy atom. The lowest BCUT2D eigenvalue weighted by molar-refractivity contribution is -0.125. The Bertz CT molecular complexity index is 654. The van der Waals surface area contributed by atoms with Crippen LogP contribution in [0, 0.1) is 5.41 Å². The molecule has 0 spiro atoms. The van der Waals surface area contributed by atoms with E-state index < -0.39 is 5.41 Å². The van der Waals surface area contributed by atoms with Crippen LogP contribution in [0.5, 0.6) is 17.2 Å². The van der Waals surface area contributed by atoms with E-state index in [-0.39, 0.29) is 5.91 Å². The molecule has 0 bridgehead atoms. The summed E-state index contributed by atoms with van der Waals surface area (Å²) in [4.78, 5) is 12.1. The predicted octanol–water partition coefficient (Wildman–Crippen LogP) is 1.50. The summed E-state index contributed by atoms with van der Waals surface area (Å²) in [7, 11) is 4.76. The SMILES string of the molecule is COc1cc2c(c(OC)c1OC)CC[C@]1(C)C(=O)NN=C21. The van der Waals surface area contributed by atoms with Crippen molar-refractivity contribution >= 4 is 11.6 Å². The topological polar surface area (TPSA) is 69.2 Å². The molecule has 0 saturated heterocycles. The van der Waals surface area contributed by atoms with Gasteiger partial charge < -0.3 is 14.2 Å². The number of amides is 1. The number of ether oxygens (including phenoxy) is 3. The molecule has 3 rings (SSSR count). The highest BCUT2D eigenvalue weighted by Gasteiger charge is 2.47. The maximum Gasteiger partial charge on any atom is 0.252 e. The standard InChI is InChI=1S/C15H18N2O4/c1-15-6-5-8-9(13(15)16-17-14(15)18)7-10(19-2)12(21-4)11(8)20-3/h7H,5-6H2,1-4H3,(H,17,18)/t15-/m0/s1. The number of nitrogens with zero attached hydrogens (tertiary/aromatic N) is 1. The summed E-state index contributed by atoms with van der Waals surface area (Å²) in [6.45, 7) is 1.92. The third-order valence-electron chi connectivity index (χ3n) is 4.36. The van der Waals surface area contributed by atoms with Crippen molar-refractivity contribution in [1.82, 2.24) is 5.43 Å². The molecule has 0 unspecified atom stereocenters. The van der Waals surface area contributed by atoms with Gasteiger partial charge in [0, 0.05) is 11.1 Å². The van der Waals surface area contributed by atoms with E-state index in [4.69, 9.17) is 14.2 Å². The molecule has 1 aromatic rings. The molecular formula is C15H18N2O4. The number of carbonyl (C=O) groups excluding carboxylic acids is 1. The van der Waals surface area contributed by atoms with Gasteiger partial charge in [-0.05, 0) is 25.8 Å². The Morgan fingerprint density at radius 3 is 2.52 bits per heavy atom. The van der Waals surface area contributed by atoms with Gasteiger partial charge in [0.2, 0.25) is 5.75 Å². The van der Waals surface area contributed by atoms with Crippen molar-refractivity contribution in [3.63, 3.8) is 0 Å². The maximum absolute atomic E-state index is 12.1. The number of methoxy groups -OCH3 is 3. The second-order valence-electron chi connectivity index (χ2n) is 5.40. The highest BCUT2D eigenvalue weighted by Crippen LogP contribution is 2.48. The van der Waals surface area contributed by atoms with E-state index in [2.05, 4.69) is 10.5 Å². The first-order valence-corrected chi connectivity index (χ1v) is 6.77. The van der Waals surface area contributed by atoms with E-state index in [1.165, 1.54) is 0 Å². The zero-order valence-electron chi connectivity index (χ0n) is 12.6. The van der Waals surface area contributed by atoms with E-state index in [1.54, 1.807) is 21.3 Å². The van der Waals surface area contributed by atoms with Crippen molar-refractivity contribution in [2.24, 2.45) is 10.5 Å². The molecule has 6 heteroatoms. The molecule has 0 aromatic heterocycles. The Labute approximate surface area is 123 Å². The lowest BCUT2D eigenvalue weighted by Crippen LogP contribution is -2.39. The molecule has 0 radical (unpaired) electrons. The molecule has 1 aromatic carbocycles. The van der Waals surface area contributed by atoms with Crippen LogP contribution < -0.4 is 19.6 Å². The van der Waals surface area contributed by atoms with Crippen molar-refractivity contribution in [2.45, 2.75) is 19.8 Å². The third kappa shape index (κ3) is 1.71. The number of benzene rings is 1. The molecule has 1 aliphatic heterocycles. The van der Waals surface area contributed by atoms with Gasteiger partial charge in [-0.2, -0.15) is 5.10 Å². The fraction of sp³-hybridized carbons (Fsp3) is 0.467. The Balaban J connectivity index is 2.26. The molecule has 1 heterocycles. The van der Waals surface area contributed by atoms with Crippen molar-refractivity contribution in [3.8, 4) is 17.2 Å². The van der Waals surface area contributed by atoms with Gasteiger partial charge in [0.05, 0.1) is 32.5 Å². The lowest BCUT2D eigenvalue weighted by atomic mass is 9.71. The first-order chi connectivity index (χ1) is 10.1. The highest BCUT2D eigenvalue weighted by atomic mass is 16.5. The minimum atomic E-state index is -0.586. The molecule has 1 N–H and O–H groups in total. The van der Waals surface area contributed by atoms with Crippen molar-refractivity contribution in [2.75, 3.05) is 21.3 Å². The van der Waals surface area contributed by atoms with Gasteiger partial charge in [-0.15, -0.1) is 0 Å². The number of hydrazone groups is 1. The first kappa shape index (κ1) is 13.7. The molecule has 21 heavy (non-hydrogen) atoms. The van der Waals surface area contributed by atoms with Crippen molar-refractivity contribution in [1.29, 1.82) is 0 Å². The van der Waals surface area contributed by atoms with E-state index in [9.17, 15) is 4.79 Å². The smallest absolute Gasteiger partial charge is 0.252 e. The van der Waals surface area contributed by atoms with Crippen LogP contribution in [0.3, 0.4) is 0 Å². The Morgan fingerprint density at radius 1 is 1.19 bits per heavy atom. The summed E-state index contributed by atoms with van der Waals surface area (Å²) in [5, 5.41) is 4.22. The third-order valence-corrected chi connectivity index (χ3v) is 4.36. The monoisotopic (exact) mass is 290 g/mol. The van der Waals surface area contributed by atoms with Gasteiger partial charge in [-0.1, -0.05) is 0 Å². The number of hydrogen-bond donors (Lipinski definition) is 1. The molecule has 6 nitrogen and oxygen atoms in total. The fourth-order valence-electron chi connectivity index (χ4n) is 3.10. The number of rotatable bonds is 3. The zero-order chi connectivity index (χ0) is 15.2. The molecular weight excluding hydrogens is 272 g/mol. The van der Waals surface area contributed by atoms with Crippen LogP contribution in [-0.4, -0.2) is 32.9 Å². The number of fused-ring (bicyclic) bond motifs is 3. The van der Waals surface area contributed by atoms with Gasteiger partial charge in [0.1, 0.15) is 0 Å². The van der Waals surface area contributed by atoms with Gasteiger partial charge >= 0.3 is 0 Å². The predicted molar refractivity (Wildman–Crippen MR) is 77.2 cm³/mol. The summed E-state index contributed by atoms with van der Waals surface area (Å²) in [6.07, 6.45) is 1.41. The zero-order valence-corrected chi connectivity index (χ0v) is 12.6. The minimum absolute atomic E-state index is 0.0584. The summed E-state index contributed by atoms with van der Waals surface area (Å²) in [6, 6.07) is 1.87. The summed E-state index contributed by atoms with van der Waals surface area (Å²) < 4.78 is 16.3. The number of nitrogens with one attached hydrogen (secondary N) is 1. The quantitative estimate of drug-likeness (QED) is 0.916. The first-order valence-electron chi connectivity index (χ1n) is 6.77. The van der Waals surface area contributed by atoms with Crippen LogP contribution in [0.2, 0.25) is 0 Å². The van der Waals surface area contributed by atoms with E-state index in [0.717, 1.165) is 23.3 Å². The van der Waals surface area contributed by atoms with Gasteiger partial charge in [-0.25, -0.2) is 5.43 Å². The van der Waals surface area contributed by atoms with Gasteiger partial charge in [-0.3, -0.25) is 4.79 Å². The van der Waals surface area contributed by atoms with Gasteiger partial charge in [0.25, 0.3) is 5.91 Å². The summed E-state index contributed by atoms with van der Waals surface area (Å²) in [5.74, 6) is 1.73. The molecule has 1 amide bonds. The Hall–Kier alpha value is -2.24. The van der Waals surface area contributed by atoms with Crippen LogP contribution in [-0.2, 0) is 11.2 Å². The van der Waals surface area contributed by atoms with Crippen molar-refractivity contribution in [3.05, 3.63) is 17.2 Å². The molecule has 1 aliphatic carbocycles. The largest absolute Gasteiger partial charge is 0.493 e. The highest BCUT2D eigenvalue weighted by molar-refractivity contribution is 6.21. The summed E-state index contributed by atoms with van der Waals surface area (Å²) in [5.41, 5.74) is 4.63. The fourth-order valence-corrected chi connectivity index (χ4v) is 3.10. The Kier molecular flexibility index (Phi) is 3.04. The number of carbonyl (C=O) groups is 1. The second-order valence-corrected chi connectivity index (χ2v) is 5.40. The van der Waals surface area contributed by atoms with Crippen LogP contribution in [0.4, 0.5) is 0 Å². The van der Waals surface area contributed by atoms with Gasteiger partial charge in [0.15, 0.2) is 11.5 Å². The van der Waals surface area contributed by atoms with Crippen LogP contribution in [0.15, 0.2) is 11.2 Å². The average Bonchev–Trinajstić information content (AvgIpc) is 2.81. The second kappa shape index (κ2) is 4.65. The molecule has 1 atom stereocenters. The molecule has 2 aliphatic rings. The van der Waals surface area contributed by atoms with E-state index in [0.29, 0.717) is 23.7 Å². The normalized spacial score (nSPS) is 22.9. The van der Waals surface area contributed by atoms with Crippen molar-refractivity contribution < 1.29 is 19.0 Å². The lowest BCUT2D eigenvalue weighted by Gasteiger charge is -2.31. The van der Waals surface area contributed by atoms with Crippen LogP contribution in [0.1, 0.15) is 24.5 Å². The van der Waals surface area contributed by atoms with E-state index >= 15 is 0 Å². The van der Waals surface area contributed by atoms with Crippen LogP contribution >= 0.6 is 0 Å². The average molecular weight is 290 g/mol. The maximum atomic E-state index is 12.1. The minimum Gasteiger partial charge on any atom is -0.493 e. The van der Waals surface area contributed by atoms with E-state index in [1.807, 2.05) is 13.0 Å². The van der Waals surface area contributed by atoms with Crippen LogP contribution in [0.25, 0.3) is 0 Å².